The van der Waals surface area contributed by atoms with Crippen molar-refractivity contribution in [3.8, 4) is 0 Å². The first-order valence-corrected chi connectivity index (χ1v) is 7.58. The van der Waals surface area contributed by atoms with Gasteiger partial charge in [0.25, 0.3) is 0 Å². The first kappa shape index (κ1) is 14.8. The summed E-state index contributed by atoms with van der Waals surface area (Å²) in [7, 11) is 3.86. The van der Waals surface area contributed by atoms with Gasteiger partial charge in [0.05, 0.1) is 12.1 Å². The Labute approximate surface area is 116 Å². The summed E-state index contributed by atoms with van der Waals surface area (Å²) >= 11 is 0. The van der Waals surface area contributed by atoms with E-state index >= 15 is 0 Å². The molecular weight excluding hydrogens is 240 g/mol. The van der Waals surface area contributed by atoms with Gasteiger partial charge in [0.15, 0.2) is 0 Å². The largest absolute Gasteiger partial charge is 0.390 e. The second-order valence-corrected chi connectivity index (χ2v) is 6.74. The Morgan fingerprint density at radius 1 is 1.32 bits per heavy atom. The van der Waals surface area contributed by atoms with E-state index in [-0.39, 0.29) is 17.9 Å². The van der Waals surface area contributed by atoms with Gasteiger partial charge in [-0.1, -0.05) is 12.8 Å². The third-order valence-corrected chi connectivity index (χ3v) is 4.78. The highest BCUT2D eigenvalue weighted by Crippen LogP contribution is 2.40. The van der Waals surface area contributed by atoms with Crippen molar-refractivity contribution in [1.29, 1.82) is 0 Å². The van der Waals surface area contributed by atoms with Crippen LogP contribution >= 0.6 is 0 Å². The first-order chi connectivity index (χ1) is 8.92. The Morgan fingerprint density at radius 2 is 2.05 bits per heavy atom. The predicted molar refractivity (Wildman–Crippen MR) is 75.9 cm³/mol. The van der Waals surface area contributed by atoms with E-state index in [9.17, 15) is 9.90 Å². The van der Waals surface area contributed by atoms with Crippen LogP contribution in [0.25, 0.3) is 0 Å². The number of rotatable bonds is 3. The lowest BCUT2D eigenvalue weighted by molar-refractivity contribution is -0.137. The van der Waals surface area contributed by atoms with Crippen LogP contribution in [0, 0.1) is 5.92 Å². The third kappa shape index (κ3) is 3.29. The van der Waals surface area contributed by atoms with Crippen LogP contribution < -0.4 is 0 Å². The van der Waals surface area contributed by atoms with Crippen molar-refractivity contribution in [2.75, 3.05) is 27.2 Å². The molecule has 0 unspecified atom stereocenters. The Hall–Kier alpha value is -0.610. The molecule has 1 aliphatic heterocycles. The van der Waals surface area contributed by atoms with E-state index in [1.165, 1.54) is 6.42 Å². The molecule has 3 atom stereocenters. The van der Waals surface area contributed by atoms with Crippen molar-refractivity contribution >= 4 is 5.91 Å². The number of amides is 1. The molecule has 1 amide bonds. The molecule has 1 saturated carbocycles. The van der Waals surface area contributed by atoms with Crippen LogP contribution in [-0.4, -0.2) is 59.6 Å². The van der Waals surface area contributed by atoms with Gasteiger partial charge in [0.2, 0.25) is 5.91 Å². The standard InChI is InChI=1S/C15H28N2O2/c1-15(19)9-5-4-7-12(15)13-8-6-10-17(13)14(18)11-16(2)3/h12-13,19H,4-11H2,1-3H3/t12-,13+,15+/m0/s1. The number of carbonyl (C=O) groups excluding carboxylic acids is 1. The molecule has 1 heterocycles. The molecule has 0 aromatic carbocycles. The molecule has 4 nitrogen and oxygen atoms in total. The van der Waals surface area contributed by atoms with Crippen molar-refractivity contribution in [2.45, 2.75) is 57.1 Å². The second-order valence-electron chi connectivity index (χ2n) is 6.74. The molecule has 1 N–H and O–H groups in total. The lowest BCUT2D eigenvalue weighted by Crippen LogP contribution is -2.51. The van der Waals surface area contributed by atoms with Gasteiger partial charge in [-0.2, -0.15) is 0 Å². The number of hydrogen-bond donors (Lipinski definition) is 1. The molecule has 0 aromatic heterocycles. The quantitative estimate of drug-likeness (QED) is 0.843. The topological polar surface area (TPSA) is 43.8 Å². The lowest BCUT2D eigenvalue weighted by Gasteiger charge is -2.43. The van der Waals surface area contributed by atoms with E-state index in [0.29, 0.717) is 6.54 Å². The fourth-order valence-electron chi connectivity index (χ4n) is 3.83. The Morgan fingerprint density at radius 3 is 2.68 bits per heavy atom. The zero-order chi connectivity index (χ0) is 14.0. The summed E-state index contributed by atoms with van der Waals surface area (Å²) in [5.41, 5.74) is -0.593. The molecule has 2 aliphatic rings. The summed E-state index contributed by atoms with van der Waals surface area (Å²) in [4.78, 5) is 16.3. The summed E-state index contributed by atoms with van der Waals surface area (Å²) in [6, 6.07) is 0.253. The van der Waals surface area contributed by atoms with Gasteiger partial charge < -0.3 is 14.9 Å². The van der Waals surface area contributed by atoms with Crippen LogP contribution in [0.1, 0.15) is 45.4 Å². The van der Waals surface area contributed by atoms with Crippen molar-refractivity contribution in [3.05, 3.63) is 0 Å². The number of nitrogens with zero attached hydrogens (tertiary/aromatic N) is 2. The van der Waals surface area contributed by atoms with Crippen LogP contribution in [0.15, 0.2) is 0 Å². The normalized spacial score (nSPS) is 35.9. The van der Waals surface area contributed by atoms with Crippen LogP contribution in [-0.2, 0) is 4.79 Å². The van der Waals surface area contributed by atoms with Crippen molar-refractivity contribution in [1.82, 2.24) is 9.80 Å². The van der Waals surface area contributed by atoms with Crippen LogP contribution in [0.2, 0.25) is 0 Å². The smallest absolute Gasteiger partial charge is 0.236 e. The molecule has 1 aliphatic carbocycles. The van der Waals surface area contributed by atoms with Gasteiger partial charge in [-0.25, -0.2) is 0 Å². The highest BCUT2D eigenvalue weighted by molar-refractivity contribution is 5.78. The van der Waals surface area contributed by atoms with Crippen LogP contribution in [0.5, 0.6) is 0 Å². The molecule has 110 valence electrons. The van der Waals surface area contributed by atoms with Gasteiger partial charge in [-0.05, 0) is 46.7 Å². The van der Waals surface area contributed by atoms with Gasteiger partial charge in [0.1, 0.15) is 0 Å². The predicted octanol–water partition coefficient (Wildman–Crippen LogP) is 1.48. The molecule has 2 rings (SSSR count). The summed E-state index contributed by atoms with van der Waals surface area (Å²) in [5, 5.41) is 10.6. The summed E-state index contributed by atoms with van der Waals surface area (Å²) in [5.74, 6) is 0.476. The zero-order valence-corrected chi connectivity index (χ0v) is 12.6. The van der Waals surface area contributed by atoms with Crippen LogP contribution in [0.4, 0.5) is 0 Å². The molecule has 1 saturated heterocycles. The number of aliphatic hydroxyl groups is 1. The van der Waals surface area contributed by atoms with E-state index in [2.05, 4.69) is 0 Å². The van der Waals surface area contributed by atoms with Crippen molar-refractivity contribution < 1.29 is 9.90 Å². The minimum atomic E-state index is -0.593. The fourth-order valence-corrected chi connectivity index (χ4v) is 3.83. The van der Waals surface area contributed by atoms with Gasteiger partial charge in [0, 0.05) is 18.5 Å². The van der Waals surface area contributed by atoms with E-state index < -0.39 is 5.60 Å². The minimum Gasteiger partial charge on any atom is -0.390 e. The summed E-state index contributed by atoms with van der Waals surface area (Å²) in [6.45, 7) is 3.30. The average molecular weight is 268 g/mol. The Kier molecular flexibility index (Phi) is 4.51. The molecule has 0 spiro atoms. The number of likely N-dealkylation sites (tertiary alicyclic amines) is 1. The summed E-state index contributed by atoms with van der Waals surface area (Å²) in [6.07, 6.45) is 6.37. The molecular formula is C15H28N2O2. The fraction of sp³-hybridized carbons (Fsp3) is 0.933. The summed E-state index contributed by atoms with van der Waals surface area (Å²) < 4.78 is 0. The monoisotopic (exact) mass is 268 g/mol. The van der Waals surface area contributed by atoms with E-state index in [0.717, 1.165) is 38.6 Å². The molecule has 0 radical (unpaired) electrons. The molecule has 4 heteroatoms. The highest BCUT2D eigenvalue weighted by Gasteiger charge is 2.44. The Balaban J connectivity index is 2.07. The average Bonchev–Trinajstić information content (AvgIpc) is 2.76. The maximum Gasteiger partial charge on any atom is 0.236 e. The van der Waals surface area contributed by atoms with Gasteiger partial charge in [-0.3, -0.25) is 4.79 Å². The maximum atomic E-state index is 12.3. The molecule has 19 heavy (non-hydrogen) atoms. The number of likely N-dealkylation sites (N-methyl/N-ethyl adjacent to an activating group) is 1. The molecule has 0 bridgehead atoms. The molecule has 0 aromatic rings. The Bertz CT molecular complexity index is 328. The molecule has 2 fully saturated rings. The number of hydrogen-bond acceptors (Lipinski definition) is 3. The SMILES string of the molecule is CN(C)CC(=O)N1CCC[C@@H]1[C@@H]1CCCC[C@@]1(C)O. The second kappa shape index (κ2) is 5.80. The first-order valence-electron chi connectivity index (χ1n) is 7.58. The maximum absolute atomic E-state index is 12.3. The van der Waals surface area contributed by atoms with Gasteiger partial charge in [-0.15, -0.1) is 0 Å². The van der Waals surface area contributed by atoms with Crippen molar-refractivity contribution in [3.63, 3.8) is 0 Å². The van der Waals surface area contributed by atoms with Gasteiger partial charge >= 0.3 is 0 Å². The zero-order valence-electron chi connectivity index (χ0n) is 12.6. The van der Waals surface area contributed by atoms with E-state index in [1.807, 2.05) is 30.8 Å². The lowest BCUT2D eigenvalue weighted by atomic mass is 9.72. The number of carbonyl (C=O) groups is 1. The van der Waals surface area contributed by atoms with E-state index in [1.54, 1.807) is 0 Å². The highest BCUT2D eigenvalue weighted by atomic mass is 16.3. The third-order valence-electron chi connectivity index (χ3n) is 4.78. The van der Waals surface area contributed by atoms with Crippen molar-refractivity contribution in [2.24, 2.45) is 5.92 Å². The minimum absolute atomic E-state index is 0.217. The van der Waals surface area contributed by atoms with Crippen LogP contribution in [0.3, 0.4) is 0 Å². The van der Waals surface area contributed by atoms with E-state index in [4.69, 9.17) is 0 Å².